The van der Waals surface area contributed by atoms with Crippen molar-refractivity contribution in [1.82, 2.24) is 5.32 Å². The van der Waals surface area contributed by atoms with Gasteiger partial charge in [-0.1, -0.05) is 6.07 Å². The van der Waals surface area contributed by atoms with E-state index in [4.69, 9.17) is 5.73 Å². The number of rotatable bonds is 0. The molecule has 0 aliphatic carbocycles. The first-order valence-corrected chi connectivity index (χ1v) is 4.00. The Morgan fingerprint density at radius 3 is 2.92 bits per heavy atom. The third kappa shape index (κ3) is 0.983. The maximum atomic E-state index is 13.0. The molecule has 1 unspecified atom stereocenters. The summed E-state index contributed by atoms with van der Waals surface area (Å²) >= 11 is 0. The van der Waals surface area contributed by atoms with Gasteiger partial charge in [0.1, 0.15) is 5.82 Å². The van der Waals surface area contributed by atoms with Crippen molar-refractivity contribution in [2.24, 2.45) is 0 Å². The molecule has 13 heavy (non-hydrogen) atoms. The first-order valence-electron chi connectivity index (χ1n) is 4.00. The minimum atomic E-state index is -0.539. The monoisotopic (exact) mass is 180 g/mol. The van der Waals surface area contributed by atoms with E-state index in [9.17, 15) is 9.18 Å². The lowest BCUT2D eigenvalue weighted by Gasteiger charge is -2.04. The SMILES string of the molecule is CC1NC(=O)c2c1ccc(F)c2N. The van der Waals surface area contributed by atoms with Gasteiger partial charge in [0.15, 0.2) is 0 Å². The van der Waals surface area contributed by atoms with E-state index in [1.54, 1.807) is 6.07 Å². The van der Waals surface area contributed by atoms with E-state index in [0.717, 1.165) is 5.56 Å². The number of nitrogens with two attached hydrogens (primary N) is 1. The number of nitrogens with one attached hydrogen (secondary N) is 1. The molecule has 1 aliphatic rings. The van der Waals surface area contributed by atoms with Crippen LogP contribution in [0.3, 0.4) is 0 Å². The zero-order valence-electron chi connectivity index (χ0n) is 7.10. The van der Waals surface area contributed by atoms with Crippen LogP contribution in [0.2, 0.25) is 0 Å². The van der Waals surface area contributed by atoms with Crippen LogP contribution in [-0.4, -0.2) is 5.91 Å². The van der Waals surface area contributed by atoms with Gasteiger partial charge in [-0.25, -0.2) is 4.39 Å². The Hall–Kier alpha value is -1.58. The molecule has 0 saturated heterocycles. The lowest BCUT2D eigenvalue weighted by Crippen LogP contribution is -2.16. The van der Waals surface area contributed by atoms with Crippen molar-refractivity contribution < 1.29 is 9.18 Å². The van der Waals surface area contributed by atoms with E-state index in [2.05, 4.69) is 5.32 Å². The molecule has 0 aromatic heterocycles. The first-order chi connectivity index (χ1) is 6.11. The van der Waals surface area contributed by atoms with E-state index in [1.807, 2.05) is 6.92 Å². The molecule has 1 amide bonds. The highest BCUT2D eigenvalue weighted by atomic mass is 19.1. The summed E-state index contributed by atoms with van der Waals surface area (Å²) in [5.41, 5.74) is 6.45. The third-order valence-electron chi connectivity index (χ3n) is 2.27. The smallest absolute Gasteiger partial charge is 0.254 e. The summed E-state index contributed by atoms with van der Waals surface area (Å²) in [5.74, 6) is -0.831. The van der Waals surface area contributed by atoms with Crippen LogP contribution in [0.5, 0.6) is 0 Å². The molecule has 4 heteroatoms. The van der Waals surface area contributed by atoms with E-state index in [-0.39, 0.29) is 23.2 Å². The summed E-state index contributed by atoms with van der Waals surface area (Å²) in [6.45, 7) is 1.83. The number of hydrogen-bond acceptors (Lipinski definition) is 2. The van der Waals surface area contributed by atoms with Crippen molar-refractivity contribution in [2.45, 2.75) is 13.0 Å². The normalized spacial score (nSPS) is 19.8. The Balaban J connectivity index is 2.71. The molecule has 0 spiro atoms. The van der Waals surface area contributed by atoms with E-state index in [0.29, 0.717) is 0 Å². The van der Waals surface area contributed by atoms with Crippen LogP contribution < -0.4 is 11.1 Å². The summed E-state index contributed by atoms with van der Waals surface area (Å²) in [6.07, 6.45) is 0. The van der Waals surface area contributed by atoms with Gasteiger partial charge in [0, 0.05) is 0 Å². The van der Waals surface area contributed by atoms with Crippen LogP contribution in [-0.2, 0) is 0 Å². The van der Waals surface area contributed by atoms with Gasteiger partial charge in [0.25, 0.3) is 5.91 Å². The highest BCUT2D eigenvalue weighted by Gasteiger charge is 2.28. The topological polar surface area (TPSA) is 55.1 Å². The third-order valence-corrected chi connectivity index (χ3v) is 2.27. The van der Waals surface area contributed by atoms with Gasteiger partial charge in [-0.15, -0.1) is 0 Å². The molecule has 68 valence electrons. The van der Waals surface area contributed by atoms with Crippen molar-refractivity contribution >= 4 is 11.6 Å². The second-order valence-electron chi connectivity index (χ2n) is 3.12. The number of amides is 1. The van der Waals surface area contributed by atoms with E-state index in [1.165, 1.54) is 6.07 Å². The number of carbonyl (C=O) groups is 1. The minimum absolute atomic E-state index is 0.0562. The van der Waals surface area contributed by atoms with Crippen molar-refractivity contribution in [2.75, 3.05) is 5.73 Å². The molecule has 1 aromatic rings. The number of benzene rings is 1. The molecule has 1 aliphatic heterocycles. The van der Waals surface area contributed by atoms with Crippen LogP contribution in [0.25, 0.3) is 0 Å². The van der Waals surface area contributed by atoms with Crippen LogP contribution in [0, 0.1) is 5.82 Å². The summed E-state index contributed by atoms with van der Waals surface area (Å²) in [6, 6.07) is 2.79. The van der Waals surface area contributed by atoms with E-state index >= 15 is 0 Å². The second-order valence-corrected chi connectivity index (χ2v) is 3.12. The number of nitrogen functional groups attached to an aromatic ring is 1. The zero-order chi connectivity index (χ0) is 9.59. The van der Waals surface area contributed by atoms with Gasteiger partial charge >= 0.3 is 0 Å². The van der Waals surface area contributed by atoms with Gasteiger partial charge < -0.3 is 11.1 Å². The molecular formula is C9H9FN2O. The Bertz CT molecular complexity index is 389. The van der Waals surface area contributed by atoms with Crippen molar-refractivity contribution in [1.29, 1.82) is 0 Å². The average Bonchev–Trinajstić information content (AvgIpc) is 2.35. The van der Waals surface area contributed by atoms with Gasteiger partial charge in [0.2, 0.25) is 0 Å². The van der Waals surface area contributed by atoms with Crippen LogP contribution in [0.15, 0.2) is 12.1 Å². The number of carbonyl (C=O) groups excluding carboxylic acids is 1. The number of hydrogen-bond donors (Lipinski definition) is 2. The number of fused-ring (bicyclic) bond motifs is 1. The highest BCUT2D eigenvalue weighted by molar-refractivity contribution is 6.03. The molecule has 3 N–H and O–H groups in total. The van der Waals surface area contributed by atoms with Gasteiger partial charge in [-0.2, -0.15) is 0 Å². The van der Waals surface area contributed by atoms with Gasteiger partial charge in [-0.05, 0) is 18.6 Å². The van der Waals surface area contributed by atoms with Gasteiger partial charge in [0.05, 0.1) is 17.3 Å². The molecule has 1 atom stereocenters. The fourth-order valence-electron chi connectivity index (χ4n) is 1.57. The largest absolute Gasteiger partial charge is 0.396 e. The molecule has 0 fully saturated rings. The Labute approximate surface area is 74.7 Å². The average molecular weight is 180 g/mol. The standard InChI is InChI=1S/C9H9FN2O/c1-4-5-2-3-6(10)8(11)7(5)9(13)12-4/h2-4H,11H2,1H3,(H,12,13). The summed E-state index contributed by atoms with van der Waals surface area (Å²) in [4.78, 5) is 11.3. The molecular weight excluding hydrogens is 171 g/mol. The quantitative estimate of drug-likeness (QED) is 0.589. The summed E-state index contributed by atoms with van der Waals surface area (Å²) in [5, 5.41) is 2.66. The summed E-state index contributed by atoms with van der Waals surface area (Å²) < 4.78 is 13.0. The number of anilines is 1. The lowest BCUT2D eigenvalue weighted by atomic mass is 10.0. The predicted octanol–water partition coefficient (Wildman–Crippen LogP) is 1.21. The van der Waals surface area contributed by atoms with Crippen LogP contribution in [0.1, 0.15) is 28.9 Å². The van der Waals surface area contributed by atoms with Crippen molar-refractivity contribution in [3.05, 3.63) is 29.1 Å². The van der Waals surface area contributed by atoms with Crippen LogP contribution in [0.4, 0.5) is 10.1 Å². The van der Waals surface area contributed by atoms with E-state index < -0.39 is 5.82 Å². The first kappa shape index (κ1) is 8.04. The van der Waals surface area contributed by atoms with Crippen LogP contribution >= 0.6 is 0 Å². The number of halogens is 1. The zero-order valence-corrected chi connectivity index (χ0v) is 7.10. The molecule has 0 saturated carbocycles. The second kappa shape index (κ2) is 2.45. The van der Waals surface area contributed by atoms with Gasteiger partial charge in [-0.3, -0.25) is 4.79 Å². The fraction of sp³-hybridized carbons (Fsp3) is 0.222. The fourth-order valence-corrected chi connectivity index (χ4v) is 1.57. The predicted molar refractivity (Wildman–Crippen MR) is 46.7 cm³/mol. The lowest BCUT2D eigenvalue weighted by molar-refractivity contribution is 0.0959. The molecule has 2 rings (SSSR count). The van der Waals surface area contributed by atoms with Crippen molar-refractivity contribution in [3.63, 3.8) is 0 Å². The Morgan fingerprint density at radius 1 is 1.54 bits per heavy atom. The molecule has 3 nitrogen and oxygen atoms in total. The Morgan fingerprint density at radius 2 is 2.23 bits per heavy atom. The molecule has 1 heterocycles. The molecule has 0 radical (unpaired) electrons. The Kier molecular flexibility index (Phi) is 1.52. The molecule has 0 bridgehead atoms. The maximum Gasteiger partial charge on any atom is 0.254 e. The molecule has 1 aromatic carbocycles. The van der Waals surface area contributed by atoms with Crippen molar-refractivity contribution in [3.8, 4) is 0 Å². The maximum absolute atomic E-state index is 13.0. The highest BCUT2D eigenvalue weighted by Crippen LogP contribution is 2.30. The summed E-state index contributed by atoms with van der Waals surface area (Å²) in [7, 11) is 0. The minimum Gasteiger partial charge on any atom is -0.396 e.